The Morgan fingerprint density at radius 3 is 1.85 bits per heavy atom. The number of hydrogen-bond donors (Lipinski definition) is 2. The van der Waals surface area contributed by atoms with Crippen LogP contribution in [0.25, 0.3) is 0 Å². The minimum Gasteiger partial charge on any atom is -0.391 e. The average Bonchev–Trinajstić information content (AvgIpc) is 2.10. The molecule has 2 aliphatic heterocycles. The van der Waals surface area contributed by atoms with E-state index in [0.29, 0.717) is 23.9 Å². The fraction of sp³-hybridized carbons (Fsp3) is 1.00. The van der Waals surface area contributed by atoms with Gasteiger partial charge in [-0.1, -0.05) is 0 Å². The lowest BCUT2D eigenvalue weighted by Crippen LogP contribution is -2.68. The van der Waals surface area contributed by atoms with Gasteiger partial charge in [0.25, 0.3) is 0 Å². The first-order valence-electron chi connectivity index (χ1n) is 5.26. The normalized spacial score (nSPS) is 60.2. The topological polar surface area (TPSA) is 43.7 Å². The van der Waals surface area contributed by atoms with E-state index in [1.54, 1.807) is 0 Å². The third kappa shape index (κ3) is 0.901. The van der Waals surface area contributed by atoms with Crippen molar-refractivity contribution in [3.63, 3.8) is 0 Å². The van der Waals surface area contributed by atoms with Crippen LogP contribution in [0.2, 0.25) is 0 Å². The second-order valence-electron chi connectivity index (χ2n) is 5.01. The first-order chi connectivity index (χ1) is 6.18. The Bertz CT molecular complexity index is 211. The third-order valence-corrected chi connectivity index (χ3v) is 4.49. The summed E-state index contributed by atoms with van der Waals surface area (Å²) in [4.78, 5) is 2.20. The predicted octanol–water partition coefficient (Wildman–Crippen LogP) is -0.179. The first-order valence-corrected chi connectivity index (χ1v) is 5.26. The summed E-state index contributed by atoms with van der Waals surface area (Å²) in [6, 6.07) is 0.650. The van der Waals surface area contributed by atoms with E-state index in [0.717, 1.165) is 19.3 Å². The molecule has 4 bridgehead atoms. The molecule has 0 aromatic carbocycles. The lowest BCUT2D eigenvalue weighted by molar-refractivity contribution is -0.178. The van der Waals surface area contributed by atoms with Gasteiger partial charge in [-0.25, -0.2) is 0 Å². The van der Waals surface area contributed by atoms with Crippen molar-refractivity contribution in [3.05, 3.63) is 0 Å². The fourth-order valence-electron chi connectivity index (χ4n) is 3.73. The lowest BCUT2D eigenvalue weighted by Gasteiger charge is -2.59. The highest BCUT2D eigenvalue weighted by molar-refractivity contribution is 5.08. The molecule has 3 heteroatoms. The average molecular weight is 183 g/mol. The van der Waals surface area contributed by atoms with Crippen molar-refractivity contribution in [2.75, 3.05) is 7.05 Å². The van der Waals surface area contributed by atoms with Crippen LogP contribution in [0.15, 0.2) is 0 Å². The van der Waals surface area contributed by atoms with Gasteiger partial charge >= 0.3 is 0 Å². The molecule has 3 nitrogen and oxygen atoms in total. The zero-order chi connectivity index (χ0) is 9.16. The molecule has 0 radical (unpaired) electrons. The number of rotatable bonds is 0. The first kappa shape index (κ1) is 8.21. The van der Waals surface area contributed by atoms with E-state index in [2.05, 4.69) is 4.90 Å². The largest absolute Gasteiger partial charge is 0.391 e. The van der Waals surface area contributed by atoms with Crippen molar-refractivity contribution in [2.45, 2.75) is 43.6 Å². The number of nitrogens with zero attached hydrogens (tertiary/aromatic N) is 1. The monoisotopic (exact) mass is 183 g/mol. The summed E-state index contributed by atoms with van der Waals surface area (Å²) in [7, 11) is 2.04. The van der Waals surface area contributed by atoms with Gasteiger partial charge in [-0.15, -0.1) is 0 Å². The van der Waals surface area contributed by atoms with Crippen molar-refractivity contribution in [2.24, 2.45) is 11.8 Å². The van der Waals surface area contributed by atoms with Crippen LogP contribution in [0.1, 0.15) is 19.3 Å². The summed E-state index contributed by atoms with van der Waals surface area (Å²) in [5.41, 5.74) is 0. The minimum atomic E-state index is -0.134. The van der Waals surface area contributed by atoms with Crippen LogP contribution in [-0.4, -0.2) is 46.5 Å². The van der Waals surface area contributed by atoms with Gasteiger partial charge in [0.1, 0.15) is 0 Å². The minimum absolute atomic E-state index is 0.134. The van der Waals surface area contributed by atoms with E-state index in [9.17, 15) is 10.2 Å². The molecular weight excluding hydrogens is 166 g/mol. The molecule has 0 aromatic heterocycles. The Hall–Kier alpha value is -0.120. The van der Waals surface area contributed by atoms with E-state index in [1.807, 2.05) is 7.05 Å². The Kier molecular flexibility index (Phi) is 1.56. The quantitative estimate of drug-likeness (QED) is 0.547. The number of hydrogen-bond acceptors (Lipinski definition) is 3. The van der Waals surface area contributed by atoms with Crippen LogP contribution in [0, 0.1) is 11.8 Å². The van der Waals surface area contributed by atoms with E-state index >= 15 is 0 Å². The standard InChI is InChI=1S/C10H17NO2/c1-11-7-3-5-2-6(10(7)13)4-8(11)9(5)12/h5-10,12-13H,2-4H2,1H3/t5-,6-,7-,8-,9-,10-/m1/s1. The Morgan fingerprint density at radius 1 is 0.923 bits per heavy atom. The van der Waals surface area contributed by atoms with Gasteiger partial charge < -0.3 is 10.2 Å². The van der Waals surface area contributed by atoms with Crippen LogP contribution in [0.4, 0.5) is 0 Å². The number of aliphatic hydroxyl groups excluding tert-OH is 2. The second-order valence-corrected chi connectivity index (χ2v) is 5.01. The fourth-order valence-corrected chi connectivity index (χ4v) is 3.73. The van der Waals surface area contributed by atoms with Crippen LogP contribution in [0.5, 0.6) is 0 Å². The zero-order valence-electron chi connectivity index (χ0n) is 7.93. The summed E-state index contributed by atoms with van der Waals surface area (Å²) < 4.78 is 0. The molecule has 0 amide bonds. The number of likely N-dealkylation sites (N-methyl/N-ethyl adjacent to an activating group) is 1. The van der Waals surface area contributed by atoms with Crippen LogP contribution >= 0.6 is 0 Å². The maximum Gasteiger partial charge on any atom is 0.0724 e. The third-order valence-electron chi connectivity index (χ3n) is 4.49. The summed E-state index contributed by atoms with van der Waals surface area (Å²) in [5.74, 6) is 0.932. The highest BCUT2D eigenvalue weighted by atomic mass is 16.3. The number of aliphatic hydroxyl groups is 2. The highest BCUT2D eigenvalue weighted by Gasteiger charge is 2.54. The number of piperidine rings is 2. The Labute approximate surface area is 78.4 Å². The molecule has 2 aliphatic carbocycles. The summed E-state index contributed by atoms with van der Waals surface area (Å²) in [5, 5.41) is 19.9. The van der Waals surface area contributed by atoms with Crippen molar-refractivity contribution in [1.82, 2.24) is 4.90 Å². The maximum atomic E-state index is 9.96. The van der Waals surface area contributed by atoms with Crippen molar-refractivity contribution in [1.29, 1.82) is 0 Å². The molecular formula is C10H17NO2. The van der Waals surface area contributed by atoms with E-state index in [1.165, 1.54) is 0 Å². The van der Waals surface area contributed by atoms with Crippen molar-refractivity contribution >= 4 is 0 Å². The Balaban J connectivity index is 1.95. The molecule has 74 valence electrons. The molecule has 6 atom stereocenters. The van der Waals surface area contributed by atoms with Crippen molar-refractivity contribution < 1.29 is 10.2 Å². The van der Waals surface area contributed by atoms with Crippen molar-refractivity contribution in [3.8, 4) is 0 Å². The molecule has 2 saturated heterocycles. The van der Waals surface area contributed by atoms with Gasteiger partial charge in [0.2, 0.25) is 0 Å². The highest BCUT2D eigenvalue weighted by Crippen LogP contribution is 2.48. The molecule has 4 fully saturated rings. The van der Waals surface area contributed by atoms with Crippen LogP contribution in [0.3, 0.4) is 0 Å². The smallest absolute Gasteiger partial charge is 0.0724 e. The molecule has 0 unspecified atom stereocenters. The molecule has 2 N–H and O–H groups in total. The molecule has 2 saturated carbocycles. The maximum absolute atomic E-state index is 9.96. The molecule has 0 spiro atoms. The molecule has 4 aliphatic rings. The summed E-state index contributed by atoms with van der Waals surface area (Å²) in [6.45, 7) is 0. The molecule has 0 aromatic rings. The van der Waals surface area contributed by atoms with E-state index in [4.69, 9.17) is 0 Å². The SMILES string of the molecule is CN1[C@@H]2C[C@H]3C[C@H](C[C@@H]1[C@@H]3O)[C@H]2O. The molecule has 4 rings (SSSR count). The predicted molar refractivity (Wildman–Crippen MR) is 48.2 cm³/mol. The van der Waals surface area contributed by atoms with Gasteiger partial charge in [-0.3, -0.25) is 4.90 Å². The van der Waals surface area contributed by atoms with Gasteiger partial charge in [-0.2, -0.15) is 0 Å². The van der Waals surface area contributed by atoms with E-state index in [-0.39, 0.29) is 12.2 Å². The Morgan fingerprint density at radius 2 is 1.38 bits per heavy atom. The molecule has 2 heterocycles. The van der Waals surface area contributed by atoms with Gasteiger partial charge in [-0.05, 0) is 38.1 Å². The summed E-state index contributed by atoms with van der Waals surface area (Å²) >= 11 is 0. The lowest BCUT2D eigenvalue weighted by atomic mass is 9.61. The zero-order valence-corrected chi connectivity index (χ0v) is 7.93. The van der Waals surface area contributed by atoms with E-state index < -0.39 is 0 Å². The van der Waals surface area contributed by atoms with Gasteiger partial charge in [0.15, 0.2) is 0 Å². The van der Waals surface area contributed by atoms with Gasteiger partial charge in [0.05, 0.1) is 12.2 Å². The summed E-state index contributed by atoms with van der Waals surface area (Å²) in [6.07, 6.45) is 2.76. The van der Waals surface area contributed by atoms with Crippen LogP contribution < -0.4 is 0 Å². The molecule has 13 heavy (non-hydrogen) atoms. The van der Waals surface area contributed by atoms with Gasteiger partial charge in [0, 0.05) is 12.1 Å². The van der Waals surface area contributed by atoms with Crippen LogP contribution in [-0.2, 0) is 0 Å². The second kappa shape index (κ2) is 2.47.